The molecular weight excluding hydrogens is 458 g/mol. The molecule has 1 aliphatic rings. The van der Waals surface area contributed by atoms with Gasteiger partial charge < -0.3 is 20.3 Å². The smallest absolute Gasteiger partial charge is 0.394 e. The minimum absolute atomic E-state index is 0.0566. The summed E-state index contributed by atoms with van der Waals surface area (Å²) in [6, 6.07) is 12.0. The minimum atomic E-state index is -3.98. The molecule has 0 unspecified atom stereocenters. The van der Waals surface area contributed by atoms with Gasteiger partial charge in [-0.3, -0.25) is 4.79 Å². The number of aromatic hydroxyl groups is 1. The molecule has 0 spiro atoms. The summed E-state index contributed by atoms with van der Waals surface area (Å²) >= 11 is 0. The molecule has 9 heteroatoms. The van der Waals surface area contributed by atoms with E-state index in [2.05, 4.69) is 5.32 Å². The summed E-state index contributed by atoms with van der Waals surface area (Å²) in [6.07, 6.45) is 2.10. The van der Waals surface area contributed by atoms with E-state index in [4.69, 9.17) is 9.84 Å². The van der Waals surface area contributed by atoms with E-state index in [1.165, 1.54) is 30.3 Å². The number of rotatable bonds is 5. The van der Waals surface area contributed by atoms with E-state index >= 15 is 0 Å². The van der Waals surface area contributed by atoms with E-state index in [1.54, 1.807) is 25.1 Å². The number of benzene rings is 3. The Morgan fingerprint density at radius 2 is 1.65 bits per heavy atom. The fraction of sp³-hybridized carbons (Fsp3) is 0.200. The zero-order chi connectivity index (χ0) is 24.6. The number of aliphatic carboxylic acids is 1. The van der Waals surface area contributed by atoms with Gasteiger partial charge in [-0.15, -0.1) is 0 Å². The van der Waals surface area contributed by atoms with Crippen LogP contribution in [0.2, 0.25) is 0 Å². The molecule has 0 aromatic heterocycles. The highest BCUT2D eigenvalue weighted by molar-refractivity contribution is 7.91. The topological polar surface area (TPSA) is 130 Å². The van der Waals surface area contributed by atoms with Crippen LogP contribution in [0.4, 0.5) is 5.69 Å². The Labute approximate surface area is 196 Å². The molecule has 1 aliphatic carbocycles. The maximum Gasteiger partial charge on any atom is 0.394 e. The fourth-order valence-electron chi connectivity index (χ4n) is 4.06. The van der Waals surface area contributed by atoms with Crippen molar-refractivity contribution in [3.05, 3.63) is 70.8 Å². The Hall–Kier alpha value is -3.85. The average Bonchev–Trinajstić information content (AvgIpc) is 3.27. The molecule has 0 radical (unpaired) electrons. The van der Waals surface area contributed by atoms with Crippen LogP contribution in [0.1, 0.15) is 28.7 Å². The number of carboxylic acid groups (broad SMARTS) is 1. The molecule has 0 heterocycles. The van der Waals surface area contributed by atoms with Gasteiger partial charge in [0.2, 0.25) is 9.84 Å². The van der Waals surface area contributed by atoms with E-state index < -0.39 is 21.7 Å². The first kappa shape index (κ1) is 23.3. The van der Waals surface area contributed by atoms with Gasteiger partial charge in [0, 0.05) is 17.3 Å². The number of fused-ring (bicyclic) bond motifs is 1. The Morgan fingerprint density at radius 3 is 2.32 bits per heavy atom. The second-order valence-electron chi connectivity index (χ2n) is 8.19. The van der Waals surface area contributed by atoms with Crippen molar-refractivity contribution >= 4 is 27.4 Å². The number of phenolic OH excluding ortho intramolecular Hbond substituents is 1. The highest BCUT2D eigenvalue weighted by atomic mass is 32.2. The van der Waals surface area contributed by atoms with Crippen molar-refractivity contribution in [2.24, 2.45) is 0 Å². The van der Waals surface area contributed by atoms with Gasteiger partial charge in [-0.25, -0.2) is 13.2 Å². The molecule has 0 bridgehead atoms. The van der Waals surface area contributed by atoms with Crippen LogP contribution in [0.25, 0.3) is 0 Å². The average molecular weight is 482 g/mol. The van der Waals surface area contributed by atoms with Crippen molar-refractivity contribution in [1.29, 1.82) is 0 Å². The molecule has 3 aromatic carbocycles. The number of hydrogen-bond acceptors (Lipinski definition) is 6. The zero-order valence-electron chi connectivity index (χ0n) is 18.6. The summed E-state index contributed by atoms with van der Waals surface area (Å²) in [4.78, 5) is 22.4. The van der Waals surface area contributed by atoms with Crippen molar-refractivity contribution in [3.63, 3.8) is 0 Å². The zero-order valence-corrected chi connectivity index (χ0v) is 19.4. The number of carboxylic acids is 1. The van der Waals surface area contributed by atoms with Gasteiger partial charge in [0.25, 0.3) is 0 Å². The first-order chi connectivity index (χ1) is 16.1. The molecule has 0 atom stereocenters. The third kappa shape index (κ3) is 4.34. The Bertz CT molecular complexity index is 1410. The van der Waals surface area contributed by atoms with Gasteiger partial charge in [0.05, 0.1) is 4.90 Å². The Morgan fingerprint density at radius 1 is 0.971 bits per heavy atom. The molecule has 8 nitrogen and oxygen atoms in total. The number of sulfone groups is 1. The third-order valence-corrected chi connectivity index (χ3v) is 7.55. The second kappa shape index (κ2) is 8.83. The highest BCUT2D eigenvalue weighted by Crippen LogP contribution is 2.42. The first-order valence-electron chi connectivity index (χ1n) is 10.6. The molecule has 0 fully saturated rings. The van der Waals surface area contributed by atoms with Gasteiger partial charge in [-0.05, 0) is 74.6 Å². The number of hydrogen-bond donors (Lipinski definition) is 3. The van der Waals surface area contributed by atoms with Crippen LogP contribution in [-0.2, 0) is 32.3 Å². The molecule has 3 aromatic rings. The van der Waals surface area contributed by atoms with Gasteiger partial charge in [-0.1, -0.05) is 17.7 Å². The van der Waals surface area contributed by atoms with Crippen molar-refractivity contribution in [2.45, 2.75) is 42.9 Å². The third-order valence-electron chi connectivity index (χ3n) is 5.75. The molecule has 0 saturated carbocycles. The molecule has 1 amide bonds. The second-order valence-corrected chi connectivity index (χ2v) is 10.1. The number of carbonyl (C=O) groups is 2. The summed E-state index contributed by atoms with van der Waals surface area (Å²) in [7, 11) is -3.98. The van der Waals surface area contributed by atoms with Crippen LogP contribution in [0.5, 0.6) is 17.2 Å². The maximum atomic E-state index is 13.1. The van der Waals surface area contributed by atoms with E-state index in [-0.39, 0.29) is 21.3 Å². The lowest BCUT2D eigenvalue weighted by molar-refractivity contribution is -0.147. The lowest BCUT2D eigenvalue weighted by Crippen LogP contribution is -2.22. The fourth-order valence-corrected chi connectivity index (χ4v) is 5.43. The minimum Gasteiger partial charge on any atom is -0.507 e. The number of ether oxygens (including phenoxy) is 1. The van der Waals surface area contributed by atoms with Gasteiger partial charge >= 0.3 is 11.9 Å². The lowest BCUT2D eigenvalue weighted by Gasteiger charge is -2.18. The number of phenols is 1. The Kier molecular flexibility index (Phi) is 6.05. The largest absolute Gasteiger partial charge is 0.507 e. The maximum absolute atomic E-state index is 13.1. The highest BCUT2D eigenvalue weighted by Gasteiger charge is 2.26. The molecule has 0 aliphatic heterocycles. The molecule has 176 valence electrons. The molecule has 4 rings (SSSR count). The predicted octanol–water partition coefficient (Wildman–Crippen LogP) is 4.15. The molecule has 3 N–H and O–H groups in total. The van der Waals surface area contributed by atoms with Crippen LogP contribution >= 0.6 is 0 Å². The summed E-state index contributed by atoms with van der Waals surface area (Å²) < 4.78 is 32.3. The molecular formula is C25H23NO7S. The number of anilines is 1. The van der Waals surface area contributed by atoms with Crippen molar-refractivity contribution in [3.8, 4) is 17.2 Å². The van der Waals surface area contributed by atoms with Crippen LogP contribution in [-0.4, -0.2) is 30.5 Å². The quantitative estimate of drug-likeness (QED) is 0.467. The summed E-state index contributed by atoms with van der Waals surface area (Å²) in [6.45, 7) is 3.61. The molecule has 34 heavy (non-hydrogen) atoms. The SMILES string of the molecule is Cc1ccc(S(=O)(=O)c2cc(Oc3c(C)cc(NC(=O)C(=O)O)c4c3CCC4)ccc2O)cc1. The lowest BCUT2D eigenvalue weighted by atomic mass is 10.0. The summed E-state index contributed by atoms with van der Waals surface area (Å²) in [5.41, 5.74) is 3.61. The van der Waals surface area contributed by atoms with E-state index in [1.807, 2.05) is 6.92 Å². The predicted molar refractivity (Wildman–Crippen MR) is 124 cm³/mol. The van der Waals surface area contributed by atoms with Crippen molar-refractivity contribution in [1.82, 2.24) is 0 Å². The monoisotopic (exact) mass is 481 g/mol. The first-order valence-corrected chi connectivity index (χ1v) is 12.1. The number of aryl methyl sites for hydroxylation is 2. The van der Waals surface area contributed by atoms with Crippen LogP contribution in [0.3, 0.4) is 0 Å². The van der Waals surface area contributed by atoms with Gasteiger partial charge in [-0.2, -0.15) is 0 Å². The van der Waals surface area contributed by atoms with Crippen molar-refractivity contribution in [2.75, 3.05) is 5.32 Å². The number of amides is 1. The van der Waals surface area contributed by atoms with Crippen LogP contribution < -0.4 is 10.1 Å². The van der Waals surface area contributed by atoms with Gasteiger partial charge in [0.15, 0.2) is 0 Å². The van der Waals surface area contributed by atoms with Crippen LogP contribution in [0, 0.1) is 13.8 Å². The van der Waals surface area contributed by atoms with E-state index in [9.17, 15) is 23.1 Å². The normalized spacial score (nSPS) is 12.8. The van der Waals surface area contributed by atoms with Gasteiger partial charge in [0.1, 0.15) is 22.1 Å². The Balaban J connectivity index is 1.72. The van der Waals surface area contributed by atoms with E-state index in [0.717, 1.165) is 23.1 Å². The molecule has 0 saturated heterocycles. The van der Waals surface area contributed by atoms with Crippen LogP contribution in [0.15, 0.2) is 58.3 Å². The van der Waals surface area contributed by atoms with Crippen molar-refractivity contribution < 1.29 is 33.0 Å². The summed E-state index contributed by atoms with van der Waals surface area (Å²) in [5, 5.41) is 21.6. The standard InChI is InChI=1S/C25H23NO7S/c1-14-6-9-17(10-7-14)34(31,32)22-13-16(8-11-21(22)27)33-23-15(2)12-20(26-24(28)25(29)30)18-4-3-5-19(18)23/h6-13,27H,3-5H2,1-2H3,(H,26,28)(H,29,30). The summed E-state index contributed by atoms with van der Waals surface area (Å²) in [5.74, 6) is -2.34. The number of nitrogens with one attached hydrogen (secondary N) is 1. The number of carbonyl (C=O) groups excluding carboxylic acids is 1. The van der Waals surface area contributed by atoms with E-state index in [0.29, 0.717) is 29.8 Å².